The van der Waals surface area contributed by atoms with Gasteiger partial charge in [-0.1, -0.05) is 0 Å². The fraction of sp³-hybridized carbons (Fsp3) is 0.636. The molecule has 1 aliphatic rings. The minimum Gasteiger partial charge on any atom is -0.481 e. The molecule has 1 atom stereocenters. The zero-order valence-electron chi connectivity index (χ0n) is 9.11. The van der Waals surface area contributed by atoms with Gasteiger partial charge >= 0.3 is 5.97 Å². The first-order chi connectivity index (χ1) is 7.75. The van der Waals surface area contributed by atoms with Crippen molar-refractivity contribution in [2.24, 2.45) is 0 Å². The summed E-state index contributed by atoms with van der Waals surface area (Å²) in [5.74, 6) is -0.787. The number of aliphatic carboxylic acids is 1. The molecule has 5 nitrogen and oxygen atoms in total. The van der Waals surface area contributed by atoms with Crippen LogP contribution < -0.4 is 0 Å². The van der Waals surface area contributed by atoms with Gasteiger partial charge in [-0.25, -0.2) is 0 Å². The van der Waals surface area contributed by atoms with Gasteiger partial charge in [-0.15, -0.1) is 0 Å². The molecule has 1 saturated heterocycles. The van der Waals surface area contributed by atoms with Crippen molar-refractivity contribution in [2.75, 3.05) is 6.61 Å². The van der Waals surface area contributed by atoms with E-state index in [2.05, 4.69) is 10.2 Å². The summed E-state index contributed by atoms with van der Waals surface area (Å²) >= 11 is 0. The third kappa shape index (κ3) is 2.82. The van der Waals surface area contributed by atoms with Crippen molar-refractivity contribution in [3.8, 4) is 0 Å². The van der Waals surface area contributed by atoms with Crippen LogP contribution in [0.3, 0.4) is 0 Å². The van der Waals surface area contributed by atoms with E-state index in [1.807, 2.05) is 6.07 Å². The number of ether oxygens (including phenoxy) is 1. The van der Waals surface area contributed by atoms with E-state index in [0.717, 1.165) is 30.8 Å². The maximum absolute atomic E-state index is 10.4. The first-order valence-electron chi connectivity index (χ1n) is 5.63. The summed E-state index contributed by atoms with van der Waals surface area (Å²) in [7, 11) is 0. The molecule has 2 heterocycles. The lowest BCUT2D eigenvalue weighted by molar-refractivity contribution is -0.136. The van der Waals surface area contributed by atoms with E-state index in [1.165, 1.54) is 6.42 Å². The van der Waals surface area contributed by atoms with Gasteiger partial charge in [0.1, 0.15) is 6.10 Å². The minimum absolute atomic E-state index is 0.0866. The van der Waals surface area contributed by atoms with E-state index in [0.29, 0.717) is 6.42 Å². The average Bonchev–Trinajstić information content (AvgIpc) is 2.76. The Balaban J connectivity index is 1.93. The smallest absolute Gasteiger partial charge is 0.303 e. The van der Waals surface area contributed by atoms with Crippen molar-refractivity contribution in [3.63, 3.8) is 0 Å². The molecule has 1 aliphatic heterocycles. The Labute approximate surface area is 93.8 Å². The molecule has 0 radical (unpaired) electrons. The molecule has 0 spiro atoms. The summed E-state index contributed by atoms with van der Waals surface area (Å²) in [6.45, 7) is 0.794. The molecule has 0 amide bonds. The Morgan fingerprint density at radius 1 is 1.62 bits per heavy atom. The highest BCUT2D eigenvalue weighted by molar-refractivity contribution is 5.66. The number of rotatable bonds is 4. The second-order valence-electron chi connectivity index (χ2n) is 4.07. The zero-order chi connectivity index (χ0) is 11.4. The number of hydrogen-bond donors (Lipinski definition) is 2. The van der Waals surface area contributed by atoms with Crippen molar-refractivity contribution in [3.05, 3.63) is 17.5 Å². The molecule has 1 aromatic heterocycles. The van der Waals surface area contributed by atoms with Crippen molar-refractivity contribution in [1.29, 1.82) is 0 Å². The van der Waals surface area contributed by atoms with Crippen LogP contribution in [0.4, 0.5) is 0 Å². The lowest BCUT2D eigenvalue weighted by atomic mass is 10.1. The largest absolute Gasteiger partial charge is 0.481 e. The van der Waals surface area contributed by atoms with Crippen molar-refractivity contribution in [1.82, 2.24) is 10.2 Å². The second kappa shape index (κ2) is 5.12. The fourth-order valence-electron chi connectivity index (χ4n) is 1.89. The normalized spacial score (nSPS) is 20.9. The Morgan fingerprint density at radius 2 is 2.50 bits per heavy atom. The van der Waals surface area contributed by atoms with Crippen molar-refractivity contribution in [2.45, 2.75) is 38.2 Å². The number of aryl methyl sites for hydroxylation is 1. The van der Waals surface area contributed by atoms with Gasteiger partial charge in [0, 0.05) is 12.3 Å². The highest BCUT2D eigenvalue weighted by Crippen LogP contribution is 2.26. The van der Waals surface area contributed by atoms with E-state index in [1.54, 1.807) is 0 Å². The number of aromatic nitrogens is 2. The van der Waals surface area contributed by atoms with Crippen molar-refractivity contribution < 1.29 is 14.6 Å². The van der Waals surface area contributed by atoms with Gasteiger partial charge in [0.2, 0.25) is 0 Å². The number of hydrogen-bond acceptors (Lipinski definition) is 3. The molecule has 1 unspecified atom stereocenters. The molecule has 88 valence electrons. The Morgan fingerprint density at radius 3 is 3.19 bits per heavy atom. The first kappa shape index (κ1) is 11.1. The van der Waals surface area contributed by atoms with Crippen LogP contribution >= 0.6 is 0 Å². The Hall–Kier alpha value is -1.36. The summed E-state index contributed by atoms with van der Waals surface area (Å²) in [6, 6.07) is 1.92. The topological polar surface area (TPSA) is 75.2 Å². The Kier molecular flexibility index (Phi) is 3.56. The van der Waals surface area contributed by atoms with Gasteiger partial charge in [0.15, 0.2) is 0 Å². The van der Waals surface area contributed by atoms with E-state index >= 15 is 0 Å². The van der Waals surface area contributed by atoms with Crippen LogP contribution in [-0.2, 0) is 16.0 Å². The minimum atomic E-state index is -0.787. The number of nitrogens with one attached hydrogen (secondary N) is 1. The predicted octanol–water partition coefficient (Wildman–Crippen LogP) is 1.67. The van der Waals surface area contributed by atoms with Gasteiger partial charge in [0.25, 0.3) is 0 Å². The van der Waals surface area contributed by atoms with Gasteiger partial charge in [0.05, 0.1) is 12.1 Å². The lowest BCUT2D eigenvalue weighted by Crippen LogP contribution is -2.11. The molecule has 0 saturated carbocycles. The van der Waals surface area contributed by atoms with Crippen LogP contribution in [0, 0.1) is 0 Å². The number of carboxylic acids is 1. The maximum atomic E-state index is 10.4. The summed E-state index contributed by atoms with van der Waals surface area (Å²) in [4.78, 5) is 10.4. The summed E-state index contributed by atoms with van der Waals surface area (Å²) in [6.07, 6.45) is 4.00. The lowest BCUT2D eigenvalue weighted by Gasteiger charge is -2.20. The highest BCUT2D eigenvalue weighted by atomic mass is 16.5. The number of H-pyrrole nitrogens is 1. The molecule has 5 heteroatoms. The molecule has 0 aliphatic carbocycles. The highest BCUT2D eigenvalue weighted by Gasteiger charge is 2.18. The van der Waals surface area contributed by atoms with E-state index in [4.69, 9.17) is 9.84 Å². The summed E-state index contributed by atoms with van der Waals surface area (Å²) in [5.41, 5.74) is 1.77. The molecule has 0 bridgehead atoms. The number of carboxylic acid groups (broad SMARTS) is 1. The number of nitrogens with zero attached hydrogens (tertiary/aromatic N) is 1. The average molecular weight is 224 g/mol. The van der Waals surface area contributed by atoms with Crippen molar-refractivity contribution >= 4 is 5.97 Å². The molecule has 1 fully saturated rings. The van der Waals surface area contributed by atoms with Crippen LogP contribution in [0.2, 0.25) is 0 Å². The molecule has 2 rings (SSSR count). The fourth-order valence-corrected chi connectivity index (χ4v) is 1.89. The third-order valence-corrected chi connectivity index (χ3v) is 2.77. The van der Waals surface area contributed by atoms with Gasteiger partial charge in [-0.3, -0.25) is 9.89 Å². The SMILES string of the molecule is O=C(O)CCc1cc(C2CCCCO2)n[nH]1. The first-order valence-corrected chi connectivity index (χ1v) is 5.63. The van der Waals surface area contributed by atoms with Crippen LogP contribution in [0.1, 0.15) is 43.2 Å². The molecule has 16 heavy (non-hydrogen) atoms. The maximum Gasteiger partial charge on any atom is 0.303 e. The van der Waals surface area contributed by atoms with Crippen LogP contribution in [0.5, 0.6) is 0 Å². The van der Waals surface area contributed by atoms with E-state index in [9.17, 15) is 4.79 Å². The molecular weight excluding hydrogens is 208 g/mol. The van der Waals surface area contributed by atoms with Crippen LogP contribution in [-0.4, -0.2) is 27.9 Å². The second-order valence-corrected chi connectivity index (χ2v) is 4.07. The summed E-state index contributed by atoms with van der Waals surface area (Å²) in [5, 5.41) is 15.6. The molecule has 0 aromatic carbocycles. The predicted molar refractivity (Wildman–Crippen MR) is 57.1 cm³/mol. The molecule has 1 aromatic rings. The van der Waals surface area contributed by atoms with Crippen LogP contribution in [0.15, 0.2) is 6.07 Å². The van der Waals surface area contributed by atoms with Crippen LogP contribution in [0.25, 0.3) is 0 Å². The monoisotopic (exact) mass is 224 g/mol. The van der Waals surface area contributed by atoms with Gasteiger partial charge in [-0.2, -0.15) is 5.10 Å². The quantitative estimate of drug-likeness (QED) is 0.815. The number of carbonyl (C=O) groups is 1. The summed E-state index contributed by atoms with van der Waals surface area (Å²) < 4.78 is 5.60. The third-order valence-electron chi connectivity index (χ3n) is 2.77. The van der Waals surface area contributed by atoms with Gasteiger partial charge in [-0.05, 0) is 31.7 Å². The van der Waals surface area contributed by atoms with E-state index in [-0.39, 0.29) is 12.5 Å². The number of aromatic amines is 1. The van der Waals surface area contributed by atoms with Gasteiger partial charge < -0.3 is 9.84 Å². The standard InChI is InChI=1S/C11H16N2O3/c14-11(15)5-4-8-7-9(13-12-8)10-3-1-2-6-16-10/h7,10H,1-6H2,(H,12,13)(H,14,15). The molecular formula is C11H16N2O3. The Bertz CT molecular complexity index is 356. The zero-order valence-corrected chi connectivity index (χ0v) is 9.11. The molecule has 2 N–H and O–H groups in total. The van der Waals surface area contributed by atoms with E-state index < -0.39 is 5.97 Å².